The monoisotopic (exact) mass is 90.0 g/mol. The Morgan fingerprint density at radius 1 is 2.00 bits per heavy atom. The van der Waals surface area contributed by atoms with Crippen LogP contribution in [0.2, 0.25) is 0 Å². The molecule has 0 spiro atoms. The number of rotatable bonds is 1. The molecule has 0 aromatic rings. The van der Waals surface area contributed by atoms with Gasteiger partial charge in [0.2, 0.25) is 0 Å². The van der Waals surface area contributed by atoms with Crippen LogP contribution in [-0.4, -0.2) is 5.21 Å². The molecule has 0 saturated carbocycles. The molecule has 0 amide bonds. The molecule has 0 fully saturated rings. The standard InChI is InChI=1S/CH3N2OP/c1-5-3-2-4/h1-2,4H. The molecule has 0 radical (unpaired) electrons. The van der Waals surface area contributed by atoms with Gasteiger partial charge >= 0.3 is 29.6 Å². The Balaban J connectivity index is 3.06. The first-order chi connectivity index (χ1) is 2.41. The summed E-state index contributed by atoms with van der Waals surface area (Å²) in [6, 6.07) is 0. The van der Waals surface area contributed by atoms with Crippen molar-refractivity contribution in [3.05, 3.63) is 0 Å². The molecule has 0 heterocycles. The third-order valence-electron chi connectivity index (χ3n) is 0.102. The Hall–Kier alpha value is -0.0700. The van der Waals surface area contributed by atoms with Gasteiger partial charge < -0.3 is 0 Å². The van der Waals surface area contributed by atoms with E-state index in [4.69, 9.17) is 11.3 Å². The van der Waals surface area contributed by atoms with Gasteiger partial charge in [-0.15, -0.1) is 0 Å². The van der Waals surface area contributed by atoms with E-state index in [1.165, 1.54) is 5.59 Å². The molecule has 28 valence electrons. The fourth-order valence-corrected chi connectivity index (χ4v) is 0.0775. The van der Waals surface area contributed by atoms with Crippen LogP contribution in [-0.2, 0) is 0 Å². The van der Waals surface area contributed by atoms with E-state index in [1.54, 1.807) is 0 Å². The van der Waals surface area contributed by atoms with Gasteiger partial charge in [0.05, 0.1) is 0 Å². The Morgan fingerprint density at radius 3 is 2.60 bits per heavy atom. The van der Waals surface area contributed by atoms with Crippen LogP contribution in [0.4, 0.5) is 0 Å². The number of hydrogen-bond acceptors (Lipinski definition) is 2. The molecule has 0 aliphatic heterocycles. The van der Waals surface area contributed by atoms with Gasteiger partial charge in [-0.25, -0.2) is 0 Å². The third-order valence-corrected chi connectivity index (χ3v) is 0.307. The first kappa shape index (κ1) is 4.93. The van der Waals surface area contributed by atoms with Crippen LogP contribution in [0.3, 0.4) is 0 Å². The zero-order valence-electron chi connectivity index (χ0n) is 2.42. The Labute approximate surface area is 30.7 Å². The van der Waals surface area contributed by atoms with E-state index in [2.05, 4.69) is 4.85 Å². The van der Waals surface area contributed by atoms with Crippen LogP contribution in [0, 0.1) is 6.13 Å². The van der Waals surface area contributed by atoms with Crippen LogP contribution >= 0.6 is 7.83 Å². The fourth-order valence-electron chi connectivity index (χ4n) is 0.0258. The predicted octanol–water partition coefficient (Wildman–Crippen LogP) is 0.599. The van der Waals surface area contributed by atoms with Crippen molar-refractivity contribution < 1.29 is 5.21 Å². The SMILES string of the molecule is C#P=NNO. The van der Waals surface area contributed by atoms with E-state index < -0.39 is 0 Å². The molecule has 0 aliphatic rings. The first-order valence-electron chi connectivity index (χ1n) is 0.905. The summed E-state index contributed by atoms with van der Waals surface area (Å²) in [5, 5.41) is 7.56. The average molecular weight is 90.0 g/mol. The maximum atomic E-state index is 7.56. The van der Waals surface area contributed by atoms with Crippen LogP contribution < -0.4 is 5.59 Å². The molecule has 0 bridgehead atoms. The molecule has 0 aromatic carbocycles. The van der Waals surface area contributed by atoms with Crippen molar-refractivity contribution in [1.29, 1.82) is 0 Å². The van der Waals surface area contributed by atoms with Gasteiger partial charge in [0.25, 0.3) is 0 Å². The molecule has 0 unspecified atom stereocenters. The number of nitrogens with one attached hydrogen (secondary N) is 1. The molecule has 5 heavy (non-hydrogen) atoms. The van der Waals surface area contributed by atoms with E-state index >= 15 is 0 Å². The van der Waals surface area contributed by atoms with Crippen molar-refractivity contribution >= 4 is 7.83 Å². The van der Waals surface area contributed by atoms with E-state index in [0.29, 0.717) is 7.83 Å². The Bertz CT molecular complexity index is 83.6. The van der Waals surface area contributed by atoms with Crippen molar-refractivity contribution in [3.63, 3.8) is 0 Å². The zero-order chi connectivity index (χ0) is 4.12. The molecular formula is CH3N2OP. The van der Waals surface area contributed by atoms with Crippen LogP contribution in [0.5, 0.6) is 0 Å². The normalized spacial score (nSPS) is 6.40. The van der Waals surface area contributed by atoms with Crippen molar-refractivity contribution in [1.82, 2.24) is 5.59 Å². The second-order valence-electron chi connectivity index (χ2n) is 0.315. The summed E-state index contributed by atoms with van der Waals surface area (Å²) in [7, 11) is 0.294. The van der Waals surface area contributed by atoms with E-state index in [-0.39, 0.29) is 0 Å². The molecule has 2 N–H and O–H groups in total. The van der Waals surface area contributed by atoms with Crippen molar-refractivity contribution in [2.75, 3.05) is 0 Å². The average Bonchev–Trinajstić information content (AvgIpc) is 1.41. The third kappa shape index (κ3) is 3.93. The molecule has 3 nitrogen and oxygen atoms in total. The summed E-state index contributed by atoms with van der Waals surface area (Å²) < 4.78 is 0. The summed E-state index contributed by atoms with van der Waals surface area (Å²) in [4.78, 5) is 3.03. The minimum atomic E-state index is 0.294. The molecule has 0 aliphatic carbocycles. The van der Waals surface area contributed by atoms with E-state index in [1.807, 2.05) is 0 Å². The van der Waals surface area contributed by atoms with Crippen LogP contribution in [0.1, 0.15) is 0 Å². The summed E-state index contributed by atoms with van der Waals surface area (Å²) in [6.45, 7) is 0. The van der Waals surface area contributed by atoms with Gasteiger partial charge in [-0.1, -0.05) is 0 Å². The molecule has 0 atom stereocenters. The molecule has 4 heteroatoms. The van der Waals surface area contributed by atoms with Crippen molar-refractivity contribution in [2.24, 2.45) is 4.85 Å². The number of nitrogens with zero attached hydrogens (tertiary/aromatic N) is 1. The minimum absolute atomic E-state index is 0.294. The van der Waals surface area contributed by atoms with Crippen molar-refractivity contribution in [3.8, 4) is 6.13 Å². The van der Waals surface area contributed by atoms with Gasteiger partial charge in [-0.3, -0.25) is 0 Å². The van der Waals surface area contributed by atoms with Crippen LogP contribution in [0.15, 0.2) is 4.85 Å². The van der Waals surface area contributed by atoms with Gasteiger partial charge in [0, 0.05) is 0 Å². The summed E-state index contributed by atoms with van der Waals surface area (Å²) >= 11 is 0. The maximum absolute atomic E-state index is 7.56. The van der Waals surface area contributed by atoms with Gasteiger partial charge in [0.1, 0.15) is 0 Å². The van der Waals surface area contributed by atoms with Gasteiger partial charge in [-0.2, -0.15) is 0 Å². The molecular weight excluding hydrogens is 87.0 g/mol. The number of hydrogen-bond donors (Lipinski definition) is 2. The van der Waals surface area contributed by atoms with Crippen molar-refractivity contribution in [2.45, 2.75) is 0 Å². The predicted molar refractivity (Wildman–Crippen MR) is 19.2 cm³/mol. The Morgan fingerprint density at radius 2 is 2.60 bits per heavy atom. The van der Waals surface area contributed by atoms with E-state index in [0.717, 1.165) is 0 Å². The van der Waals surface area contributed by atoms with Crippen LogP contribution in [0.25, 0.3) is 0 Å². The zero-order valence-corrected chi connectivity index (χ0v) is 3.31. The topological polar surface area (TPSA) is 44.6 Å². The quantitative estimate of drug-likeness (QED) is 0.365. The second-order valence-corrected chi connectivity index (χ2v) is 0.746. The molecule has 0 aromatic heterocycles. The van der Waals surface area contributed by atoms with E-state index in [9.17, 15) is 0 Å². The van der Waals surface area contributed by atoms with Gasteiger partial charge in [0.15, 0.2) is 0 Å². The fraction of sp³-hybridized carbons (Fsp3) is 0. The summed E-state index contributed by atoms with van der Waals surface area (Å²) in [5.41, 5.74) is 1.51. The van der Waals surface area contributed by atoms with Gasteiger partial charge in [-0.05, 0) is 0 Å². The Kier molecular flexibility index (Phi) is 3.87. The first-order valence-corrected chi connectivity index (χ1v) is 1.82. The molecule has 0 saturated heterocycles. The second kappa shape index (κ2) is 3.93. The summed E-state index contributed by atoms with van der Waals surface area (Å²) in [6.07, 6.45) is 4.72. The summed E-state index contributed by atoms with van der Waals surface area (Å²) in [5.74, 6) is 0. The molecule has 0 rings (SSSR count).